The van der Waals surface area contributed by atoms with Crippen LogP contribution in [0, 0.1) is 5.92 Å². The number of nitrogens with two attached hydrogens (primary N) is 1. The highest BCUT2D eigenvalue weighted by molar-refractivity contribution is 5.82. The quantitative estimate of drug-likeness (QED) is 0.695. The second-order valence-electron chi connectivity index (χ2n) is 4.85. The Morgan fingerprint density at radius 1 is 1.33 bits per heavy atom. The molecule has 1 aromatic carbocycles. The van der Waals surface area contributed by atoms with Crippen LogP contribution >= 0.6 is 0 Å². The maximum atomic E-state index is 11.8. The van der Waals surface area contributed by atoms with Crippen molar-refractivity contribution in [2.24, 2.45) is 11.7 Å². The Morgan fingerprint density at radius 3 is 2.44 bits per heavy atom. The summed E-state index contributed by atoms with van der Waals surface area (Å²) in [6, 6.07) is 8.93. The van der Waals surface area contributed by atoms with Crippen molar-refractivity contribution < 1.29 is 9.90 Å². The van der Waals surface area contributed by atoms with Crippen LogP contribution in [-0.2, 0) is 11.2 Å². The third kappa shape index (κ3) is 4.47. The Kier molecular flexibility index (Phi) is 5.82. The zero-order chi connectivity index (χ0) is 13.5. The number of carbonyl (C=O) groups is 1. The third-order valence-corrected chi connectivity index (χ3v) is 2.91. The molecule has 4 heteroatoms. The van der Waals surface area contributed by atoms with Gasteiger partial charge in [-0.1, -0.05) is 44.2 Å². The van der Waals surface area contributed by atoms with Crippen LogP contribution in [0.5, 0.6) is 0 Å². The molecule has 2 atom stereocenters. The molecule has 1 unspecified atom stereocenters. The average Bonchev–Trinajstić information content (AvgIpc) is 2.37. The van der Waals surface area contributed by atoms with Crippen LogP contribution in [0.25, 0.3) is 0 Å². The summed E-state index contributed by atoms with van der Waals surface area (Å²) in [6.45, 7) is 3.70. The van der Waals surface area contributed by atoms with E-state index >= 15 is 0 Å². The van der Waals surface area contributed by atoms with E-state index < -0.39 is 6.04 Å². The molecule has 1 amide bonds. The van der Waals surface area contributed by atoms with Crippen LogP contribution in [0.2, 0.25) is 0 Å². The van der Waals surface area contributed by atoms with Crippen LogP contribution < -0.4 is 11.1 Å². The Labute approximate surface area is 108 Å². The van der Waals surface area contributed by atoms with Gasteiger partial charge >= 0.3 is 0 Å². The summed E-state index contributed by atoms with van der Waals surface area (Å²) in [6.07, 6.45) is 0.605. The number of aliphatic hydroxyl groups is 1. The molecule has 0 aliphatic carbocycles. The van der Waals surface area contributed by atoms with Crippen molar-refractivity contribution in [2.75, 3.05) is 6.61 Å². The minimum Gasteiger partial charge on any atom is -0.394 e. The first-order chi connectivity index (χ1) is 8.54. The van der Waals surface area contributed by atoms with Crippen molar-refractivity contribution in [3.8, 4) is 0 Å². The van der Waals surface area contributed by atoms with E-state index in [0.29, 0.717) is 6.42 Å². The van der Waals surface area contributed by atoms with Gasteiger partial charge in [-0.3, -0.25) is 4.79 Å². The molecule has 0 aromatic heterocycles. The van der Waals surface area contributed by atoms with Crippen molar-refractivity contribution in [3.05, 3.63) is 35.9 Å². The molecule has 1 aromatic rings. The second kappa shape index (κ2) is 7.13. The number of rotatable bonds is 6. The van der Waals surface area contributed by atoms with Crippen LogP contribution in [0.3, 0.4) is 0 Å². The Bertz CT molecular complexity index is 365. The first-order valence-electron chi connectivity index (χ1n) is 6.25. The highest BCUT2D eigenvalue weighted by Gasteiger charge is 2.20. The standard InChI is InChI=1S/C14H22N2O2/c1-10(2)13(15)14(18)16-12(9-17)8-11-6-4-3-5-7-11/h3-7,10,12-13,17H,8-9,15H2,1-2H3,(H,16,18)/t12-,13?/m0/s1. The van der Waals surface area contributed by atoms with Gasteiger partial charge in [-0.15, -0.1) is 0 Å². The number of aliphatic hydroxyl groups excluding tert-OH is 1. The summed E-state index contributed by atoms with van der Waals surface area (Å²) >= 11 is 0. The monoisotopic (exact) mass is 250 g/mol. The van der Waals surface area contributed by atoms with Gasteiger partial charge in [-0.05, 0) is 17.9 Å². The van der Waals surface area contributed by atoms with Crippen LogP contribution in [0.4, 0.5) is 0 Å². The molecule has 1 rings (SSSR count). The Morgan fingerprint density at radius 2 is 1.94 bits per heavy atom. The minimum atomic E-state index is -0.533. The van der Waals surface area contributed by atoms with Gasteiger partial charge in [0.2, 0.25) is 5.91 Å². The van der Waals surface area contributed by atoms with Gasteiger partial charge < -0.3 is 16.2 Å². The summed E-state index contributed by atoms with van der Waals surface area (Å²) in [5.41, 5.74) is 6.84. The third-order valence-electron chi connectivity index (χ3n) is 2.91. The van der Waals surface area contributed by atoms with E-state index in [2.05, 4.69) is 5.32 Å². The molecule has 4 N–H and O–H groups in total. The molecule has 0 spiro atoms. The number of hydrogen-bond acceptors (Lipinski definition) is 3. The summed E-state index contributed by atoms with van der Waals surface area (Å²) in [4.78, 5) is 11.8. The molecule has 0 aliphatic heterocycles. The van der Waals surface area contributed by atoms with Gasteiger partial charge in [0.1, 0.15) is 0 Å². The summed E-state index contributed by atoms with van der Waals surface area (Å²) in [5.74, 6) is -0.124. The maximum absolute atomic E-state index is 11.8. The largest absolute Gasteiger partial charge is 0.394 e. The lowest BCUT2D eigenvalue weighted by Crippen LogP contribution is -2.49. The molecule has 0 aliphatic rings. The zero-order valence-corrected chi connectivity index (χ0v) is 11.0. The molecule has 4 nitrogen and oxygen atoms in total. The highest BCUT2D eigenvalue weighted by Crippen LogP contribution is 2.04. The number of hydrogen-bond donors (Lipinski definition) is 3. The van der Waals surface area contributed by atoms with Gasteiger partial charge in [0, 0.05) is 0 Å². The van der Waals surface area contributed by atoms with Crippen LogP contribution in [0.15, 0.2) is 30.3 Å². The number of benzene rings is 1. The fourth-order valence-corrected chi connectivity index (χ4v) is 1.66. The molecule has 0 bridgehead atoms. The molecule has 0 radical (unpaired) electrons. The van der Waals surface area contributed by atoms with Crippen molar-refractivity contribution in [3.63, 3.8) is 0 Å². The van der Waals surface area contributed by atoms with Gasteiger partial charge in [0.05, 0.1) is 18.7 Å². The van der Waals surface area contributed by atoms with Crippen LogP contribution in [0.1, 0.15) is 19.4 Å². The Hall–Kier alpha value is -1.39. The topological polar surface area (TPSA) is 75.4 Å². The first-order valence-corrected chi connectivity index (χ1v) is 6.25. The predicted octanol–water partition coefficient (Wildman–Crippen LogP) is 0.690. The van der Waals surface area contributed by atoms with E-state index in [1.165, 1.54) is 0 Å². The minimum absolute atomic E-state index is 0.0843. The van der Waals surface area contributed by atoms with E-state index in [0.717, 1.165) is 5.56 Å². The van der Waals surface area contributed by atoms with Crippen molar-refractivity contribution >= 4 is 5.91 Å². The molecule has 0 fully saturated rings. The van der Waals surface area contributed by atoms with Crippen molar-refractivity contribution in [1.29, 1.82) is 0 Å². The number of amides is 1. The van der Waals surface area contributed by atoms with E-state index in [1.54, 1.807) is 0 Å². The van der Waals surface area contributed by atoms with Gasteiger partial charge in [-0.25, -0.2) is 0 Å². The normalized spacial score (nSPS) is 14.3. The van der Waals surface area contributed by atoms with Gasteiger partial charge in [-0.2, -0.15) is 0 Å². The molecular weight excluding hydrogens is 228 g/mol. The molecule has 0 saturated carbocycles. The fourth-order valence-electron chi connectivity index (χ4n) is 1.66. The number of carbonyl (C=O) groups excluding carboxylic acids is 1. The Balaban J connectivity index is 2.55. The summed E-state index contributed by atoms with van der Waals surface area (Å²) < 4.78 is 0. The van der Waals surface area contributed by atoms with Gasteiger partial charge in [0.15, 0.2) is 0 Å². The highest BCUT2D eigenvalue weighted by atomic mass is 16.3. The van der Waals surface area contributed by atoms with Gasteiger partial charge in [0.25, 0.3) is 0 Å². The second-order valence-corrected chi connectivity index (χ2v) is 4.85. The average molecular weight is 250 g/mol. The molecule has 0 heterocycles. The van der Waals surface area contributed by atoms with Crippen molar-refractivity contribution in [2.45, 2.75) is 32.4 Å². The predicted molar refractivity (Wildman–Crippen MR) is 72.0 cm³/mol. The zero-order valence-electron chi connectivity index (χ0n) is 11.0. The lowest BCUT2D eigenvalue weighted by molar-refractivity contribution is -0.124. The molecule has 0 saturated heterocycles. The molecular formula is C14H22N2O2. The molecule has 100 valence electrons. The lowest BCUT2D eigenvalue weighted by atomic mass is 10.0. The summed E-state index contributed by atoms with van der Waals surface area (Å²) in [5, 5.41) is 12.1. The number of nitrogens with one attached hydrogen (secondary N) is 1. The fraction of sp³-hybridized carbons (Fsp3) is 0.500. The van der Waals surface area contributed by atoms with Crippen LogP contribution in [-0.4, -0.2) is 29.7 Å². The van der Waals surface area contributed by atoms with Crippen molar-refractivity contribution in [1.82, 2.24) is 5.32 Å². The van der Waals surface area contributed by atoms with E-state index in [-0.39, 0.29) is 24.5 Å². The lowest BCUT2D eigenvalue weighted by Gasteiger charge is -2.21. The maximum Gasteiger partial charge on any atom is 0.237 e. The van der Waals surface area contributed by atoms with E-state index in [9.17, 15) is 9.90 Å². The first kappa shape index (κ1) is 14.7. The molecule has 18 heavy (non-hydrogen) atoms. The van der Waals surface area contributed by atoms with E-state index in [1.807, 2.05) is 44.2 Å². The smallest absolute Gasteiger partial charge is 0.237 e. The summed E-state index contributed by atoms with van der Waals surface area (Å²) in [7, 11) is 0. The SMILES string of the molecule is CC(C)C(N)C(=O)N[C@H](CO)Cc1ccccc1. The van der Waals surface area contributed by atoms with E-state index in [4.69, 9.17) is 5.73 Å².